The molecule has 0 unspecified atom stereocenters. The van der Waals surface area contributed by atoms with Crippen molar-refractivity contribution in [2.75, 3.05) is 0 Å². The van der Waals surface area contributed by atoms with Gasteiger partial charge < -0.3 is 5.32 Å². The number of Topliss-reactive ketones (excluding diaryl/α,β-unsaturated/α-hetero) is 1. The number of hydrogen-bond acceptors (Lipinski definition) is 2. The number of carbonyl (C=O) groups is 1. The molecule has 0 radical (unpaired) electrons. The molecule has 1 heterocycles. The number of para-hydroxylation sites is 2. The van der Waals surface area contributed by atoms with Crippen LogP contribution in [0.25, 0.3) is 5.32 Å². The van der Waals surface area contributed by atoms with Gasteiger partial charge in [0.1, 0.15) is 0 Å². The van der Waals surface area contributed by atoms with Gasteiger partial charge in [0, 0.05) is 5.71 Å². The minimum atomic E-state index is -1.60. The van der Waals surface area contributed by atoms with Crippen LogP contribution in [0.1, 0.15) is 115 Å². The van der Waals surface area contributed by atoms with Crippen LogP contribution in [0.15, 0.2) is 72.8 Å². The Morgan fingerprint density at radius 3 is 1.31 bits per heavy atom. The van der Waals surface area contributed by atoms with E-state index in [-0.39, 0.29) is 19.5 Å². The van der Waals surface area contributed by atoms with Gasteiger partial charge in [-0.15, -0.1) is 5.69 Å². The summed E-state index contributed by atoms with van der Waals surface area (Å²) in [7, 11) is -5.90. The van der Waals surface area contributed by atoms with Crippen molar-refractivity contribution < 1.29 is 4.79 Å². The van der Waals surface area contributed by atoms with Crippen LogP contribution in [0.2, 0.25) is 82.8 Å². The second-order valence-corrected chi connectivity index (χ2v) is 44.0. The summed E-state index contributed by atoms with van der Waals surface area (Å²) in [5, 5.41) is 9.84. The Labute approximate surface area is 349 Å². The van der Waals surface area contributed by atoms with Crippen molar-refractivity contribution in [1.82, 2.24) is 0 Å². The number of allylic oxidation sites excluding steroid dienone is 5. The maximum atomic E-state index is 13.9. The van der Waals surface area contributed by atoms with Crippen LogP contribution in [0.3, 0.4) is 0 Å². The second kappa shape index (κ2) is 17.2. The molecule has 4 rings (SSSR count). The molecule has 55 heavy (non-hydrogen) atoms. The van der Waals surface area contributed by atoms with Crippen LogP contribution in [0.4, 0.5) is 11.4 Å². The van der Waals surface area contributed by atoms with Crippen LogP contribution in [0.5, 0.6) is 0 Å². The summed E-state index contributed by atoms with van der Waals surface area (Å²) in [4.78, 5) is 19.0. The van der Waals surface area contributed by atoms with Crippen LogP contribution in [-0.2, 0) is 4.79 Å². The number of rotatable bonds is 12. The van der Waals surface area contributed by atoms with Crippen LogP contribution in [-0.4, -0.2) is 59.0 Å². The van der Waals surface area contributed by atoms with Gasteiger partial charge in [-0.3, -0.25) is 4.99 Å². The van der Waals surface area contributed by atoms with Gasteiger partial charge in [0.2, 0.25) is 0 Å². The van der Waals surface area contributed by atoms with E-state index in [9.17, 15) is 4.79 Å². The Kier molecular flexibility index (Phi) is 14.9. The molecule has 0 saturated heterocycles. The summed E-state index contributed by atoms with van der Waals surface area (Å²) in [5.41, 5.74) is 9.45. The van der Waals surface area contributed by atoms with Gasteiger partial charge >= 0.3 is 161 Å². The molecule has 2 aromatic carbocycles. The molecule has 1 aliphatic carbocycles. The number of hydrogen-bond donors (Lipinski definition) is 0. The van der Waals surface area contributed by atoms with Gasteiger partial charge in [0.15, 0.2) is 0 Å². The Hall–Kier alpha value is -1.80. The Morgan fingerprint density at radius 2 is 1.00 bits per heavy atom. The molecule has 0 aromatic heterocycles. The third-order valence-corrected chi connectivity index (χ3v) is 25.3. The first-order valence-electron chi connectivity index (χ1n) is 21.0. The number of aliphatic imine (C=N–C) groups is 1. The molecule has 2 aromatic rings. The molecule has 300 valence electrons. The van der Waals surface area contributed by atoms with Gasteiger partial charge in [0.25, 0.3) is 0 Å². The number of nitrogens with zero attached hydrogens (tertiary/aromatic N) is 2. The Balaban J connectivity index is 0.000000305. The number of ketones is 1. The molecule has 0 N–H and O–H groups in total. The monoisotopic (exact) mass is 824 g/mol. The van der Waals surface area contributed by atoms with Gasteiger partial charge in [0.05, 0.1) is 5.69 Å². The van der Waals surface area contributed by atoms with E-state index < -0.39 is 32.3 Å². The summed E-state index contributed by atoms with van der Waals surface area (Å²) < 4.78 is 1.66. The topological polar surface area (TPSA) is 43.5 Å². The average Bonchev–Trinajstić information content (AvgIpc) is 3.62. The van der Waals surface area contributed by atoms with E-state index in [2.05, 4.69) is 190 Å². The quantitative estimate of drug-likeness (QED) is 0.155. The zero-order valence-corrected chi connectivity index (χ0v) is 44.4. The first-order chi connectivity index (χ1) is 24.9. The molecule has 0 amide bonds. The summed E-state index contributed by atoms with van der Waals surface area (Å²) >= 11 is 0.119. The van der Waals surface area contributed by atoms with Gasteiger partial charge in [-0.1, -0.05) is 116 Å². The first kappa shape index (κ1) is 47.6. The standard InChI is InChI=1S/C29H41N2.C18H36OSi4.Al/c1-18(2)24-13-11-14-25(19(3)4)28(24)30-22(9)17-23(10)31-29-26(20(5)6)15-12-16-27(29)21(7)8;1-20(2,3)13-14(21(4,5)6)16(19)15-17(22(7,8)9)18(15)23(10,11)12;/h11-21H,1-10H3;1-12H3;/q-1;;+1/b22-17-,31-23?;;. The van der Waals surface area contributed by atoms with E-state index in [4.69, 9.17) is 10.3 Å². The van der Waals surface area contributed by atoms with Crippen molar-refractivity contribution >= 4 is 70.4 Å². The molecular formula is C47H77AlN2OSi4. The van der Waals surface area contributed by atoms with E-state index in [0.717, 1.165) is 22.8 Å². The molecule has 2 aliphatic rings. The zero-order valence-electron chi connectivity index (χ0n) is 39.2. The fraction of sp³-hybridized carbons (Fsp3) is 0.574. The van der Waals surface area contributed by atoms with Gasteiger partial charge in [-0.2, -0.15) is 5.70 Å². The average molecular weight is 825 g/mol. The molecule has 1 aliphatic heterocycles. The predicted molar refractivity (Wildman–Crippen MR) is 260 cm³/mol. The maximum absolute atomic E-state index is 13.9. The summed E-state index contributed by atoms with van der Waals surface area (Å²) in [5.74, 6) is 2.35. The fourth-order valence-electron chi connectivity index (χ4n) is 8.61. The van der Waals surface area contributed by atoms with Crippen molar-refractivity contribution in [3.05, 3.63) is 95.4 Å². The molecule has 3 nitrogen and oxygen atoms in total. The van der Waals surface area contributed by atoms with E-state index in [1.54, 1.807) is 14.5 Å². The molecule has 0 saturated carbocycles. The van der Waals surface area contributed by atoms with Gasteiger partial charge in [-0.05, 0) is 41.7 Å². The number of benzene rings is 2. The molecule has 0 fully saturated rings. The van der Waals surface area contributed by atoms with Crippen molar-refractivity contribution in [3.63, 3.8) is 0 Å². The SMILES string of the molecule is CC(/C=C(/C)[N-]c1c(C(C)C)cccc1C(C)C)=Nc1c(C(C)C)cccc1C(C)C.C[Si](C)(C)[C]1=C([Si](C)(C)C)C(=O)[C]2([Al+]1)C([Si](C)(C)C)=C2[Si](C)(C)C. The normalized spacial score (nSPS) is 16.7. The van der Waals surface area contributed by atoms with Gasteiger partial charge in [-0.25, -0.2) is 0 Å². The summed E-state index contributed by atoms with van der Waals surface area (Å²) in [6.07, 6.45) is 2.11. The van der Waals surface area contributed by atoms with E-state index in [1.165, 1.54) is 27.5 Å². The minimum absolute atomic E-state index is 0.0415. The van der Waals surface area contributed by atoms with Crippen molar-refractivity contribution in [2.45, 2.75) is 176 Å². The van der Waals surface area contributed by atoms with E-state index in [1.807, 2.05) is 0 Å². The van der Waals surface area contributed by atoms with E-state index >= 15 is 0 Å². The van der Waals surface area contributed by atoms with Crippen molar-refractivity contribution in [2.24, 2.45) is 4.99 Å². The van der Waals surface area contributed by atoms with Crippen LogP contribution >= 0.6 is 0 Å². The fourth-order valence-corrected chi connectivity index (χ4v) is 29.2. The van der Waals surface area contributed by atoms with Crippen LogP contribution < -0.4 is 0 Å². The molecule has 0 bridgehead atoms. The Morgan fingerprint density at radius 1 is 0.618 bits per heavy atom. The predicted octanol–water partition coefficient (Wildman–Crippen LogP) is 15.4. The van der Waals surface area contributed by atoms with Crippen molar-refractivity contribution in [1.29, 1.82) is 0 Å². The van der Waals surface area contributed by atoms with E-state index in [0.29, 0.717) is 29.5 Å². The third kappa shape index (κ3) is 10.6. The first-order valence-corrected chi connectivity index (χ1v) is 36.2. The number of carbonyl (C=O) groups excluding carboxylic acids is 1. The van der Waals surface area contributed by atoms with Crippen molar-refractivity contribution in [3.8, 4) is 0 Å². The summed E-state index contributed by atoms with van der Waals surface area (Å²) in [6, 6.07) is 13.1. The molecular weight excluding hydrogens is 748 g/mol. The molecule has 0 atom stereocenters. The molecule has 8 heteroatoms. The molecule has 1 spiro atoms. The third-order valence-electron chi connectivity index (χ3n) is 10.9. The summed E-state index contributed by atoms with van der Waals surface area (Å²) in [6.45, 7) is 51.4. The second-order valence-electron chi connectivity index (χ2n) is 21.7. The van der Waals surface area contributed by atoms with Crippen LogP contribution in [0, 0.1) is 0 Å². The zero-order chi connectivity index (χ0) is 42.4. The Bertz CT molecular complexity index is 1810.